The lowest BCUT2D eigenvalue weighted by Gasteiger charge is -2.30. The highest BCUT2D eigenvalue weighted by molar-refractivity contribution is 5.86. The zero-order valence-corrected chi connectivity index (χ0v) is 12.5. The molecule has 0 aromatic rings. The van der Waals surface area contributed by atoms with E-state index in [0.29, 0.717) is 38.2 Å². The highest BCUT2D eigenvalue weighted by atomic mass is 19.1. The molecule has 0 unspecified atom stereocenters. The Balaban J connectivity index is 2.08. The molecule has 0 saturated carbocycles. The number of aliphatic imine (C=N–C) groups is 1. The summed E-state index contributed by atoms with van der Waals surface area (Å²) in [6.07, 6.45) is 3.91. The standard InChI is InChI=1S/C15H21FN2O3/c1-4-13(16)17-9-11(2)12-5-7-21-18(12)14(19)15(3)6-8-20-10-15/h4,9,12H,2,5-8,10H2,1,3H3/b13-4-,17-9-/t12-,15-/m0/s1. The first-order valence-corrected chi connectivity index (χ1v) is 7.07. The van der Waals surface area contributed by atoms with Crippen molar-refractivity contribution < 1.29 is 18.8 Å². The second-order valence-electron chi connectivity index (χ2n) is 5.58. The molecule has 2 aliphatic heterocycles. The molecule has 2 atom stereocenters. The molecule has 0 radical (unpaired) electrons. The molecular formula is C15H21FN2O3. The number of carbonyl (C=O) groups is 1. The Morgan fingerprint density at radius 1 is 1.52 bits per heavy atom. The van der Waals surface area contributed by atoms with Crippen molar-refractivity contribution in [3.8, 4) is 0 Å². The molecule has 6 heteroatoms. The van der Waals surface area contributed by atoms with E-state index < -0.39 is 11.4 Å². The van der Waals surface area contributed by atoms with Crippen molar-refractivity contribution in [1.29, 1.82) is 0 Å². The van der Waals surface area contributed by atoms with Gasteiger partial charge in [-0.15, -0.1) is 0 Å². The van der Waals surface area contributed by atoms with Crippen molar-refractivity contribution in [1.82, 2.24) is 5.06 Å². The van der Waals surface area contributed by atoms with Crippen molar-refractivity contribution >= 4 is 12.1 Å². The van der Waals surface area contributed by atoms with Crippen LogP contribution in [0, 0.1) is 5.41 Å². The molecular weight excluding hydrogens is 275 g/mol. The molecule has 0 aromatic heterocycles. The Morgan fingerprint density at radius 3 is 2.90 bits per heavy atom. The molecule has 2 rings (SSSR count). The van der Waals surface area contributed by atoms with Gasteiger partial charge in [-0.1, -0.05) is 6.58 Å². The van der Waals surface area contributed by atoms with Gasteiger partial charge in [0.25, 0.3) is 5.91 Å². The van der Waals surface area contributed by atoms with Crippen LogP contribution in [0.4, 0.5) is 4.39 Å². The van der Waals surface area contributed by atoms with E-state index in [1.807, 2.05) is 6.92 Å². The fourth-order valence-electron chi connectivity index (χ4n) is 2.41. The number of rotatable bonds is 4. The van der Waals surface area contributed by atoms with E-state index in [2.05, 4.69) is 11.6 Å². The number of amides is 1. The normalized spacial score (nSPS) is 30.3. The molecule has 2 aliphatic rings. The molecule has 0 aromatic carbocycles. The van der Waals surface area contributed by atoms with Crippen LogP contribution in [0.1, 0.15) is 26.7 Å². The lowest BCUT2D eigenvalue weighted by molar-refractivity contribution is -0.184. The van der Waals surface area contributed by atoms with Crippen LogP contribution < -0.4 is 0 Å². The number of nitrogens with zero attached hydrogens (tertiary/aromatic N) is 2. The molecule has 21 heavy (non-hydrogen) atoms. The second kappa shape index (κ2) is 6.49. The van der Waals surface area contributed by atoms with E-state index in [4.69, 9.17) is 9.57 Å². The summed E-state index contributed by atoms with van der Waals surface area (Å²) in [5.41, 5.74) is -0.00503. The number of ether oxygens (including phenoxy) is 1. The van der Waals surface area contributed by atoms with Crippen molar-refractivity contribution in [2.24, 2.45) is 10.4 Å². The Bertz CT molecular complexity index is 481. The van der Waals surface area contributed by atoms with Gasteiger partial charge in [-0.2, -0.15) is 4.39 Å². The smallest absolute Gasteiger partial charge is 0.255 e. The van der Waals surface area contributed by atoms with Crippen molar-refractivity contribution in [3.63, 3.8) is 0 Å². The van der Waals surface area contributed by atoms with Crippen LogP contribution in [0.25, 0.3) is 0 Å². The van der Waals surface area contributed by atoms with E-state index in [-0.39, 0.29) is 11.9 Å². The monoisotopic (exact) mass is 296 g/mol. The number of halogens is 1. The lowest BCUT2D eigenvalue weighted by Crippen LogP contribution is -2.45. The fourth-order valence-corrected chi connectivity index (χ4v) is 2.41. The Morgan fingerprint density at radius 2 is 2.29 bits per heavy atom. The predicted molar refractivity (Wildman–Crippen MR) is 77.2 cm³/mol. The van der Waals surface area contributed by atoms with Crippen LogP contribution in [-0.4, -0.2) is 43.0 Å². The molecule has 2 saturated heterocycles. The molecule has 116 valence electrons. The van der Waals surface area contributed by atoms with Crippen LogP contribution in [-0.2, 0) is 14.4 Å². The Labute approximate surface area is 124 Å². The van der Waals surface area contributed by atoms with Gasteiger partial charge in [-0.05, 0) is 31.9 Å². The first kappa shape index (κ1) is 15.9. The van der Waals surface area contributed by atoms with Gasteiger partial charge in [0.05, 0.1) is 24.7 Å². The number of allylic oxidation sites excluding steroid dienone is 1. The number of carbonyl (C=O) groups excluding carboxylic acids is 1. The topological polar surface area (TPSA) is 51.1 Å². The van der Waals surface area contributed by atoms with E-state index in [1.165, 1.54) is 17.4 Å². The summed E-state index contributed by atoms with van der Waals surface area (Å²) in [6, 6.07) is -0.302. The van der Waals surface area contributed by atoms with Gasteiger partial charge in [0.2, 0.25) is 5.95 Å². The largest absolute Gasteiger partial charge is 0.380 e. The van der Waals surface area contributed by atoms with Crippen LogP contribution >= 0.6 is 0 Å². The maximum Gasteiger partial charge on any atom is 0.255 e. The highest BCUT2D eigenvalue weighted by Gasteiger charge is 2.45. The summed E-state index contributed by atoms with van der Waals surface area (Å²) < 4.78 is 18.4. The number of hydrogen-bond donors (Lipinski definition) is 0. The summed E-state index contributed by atoms with van der Waals surface area (Å²) in [4.78, 5) is 21.7. The number of hydroxylamine groups is 2. The molecule has 2 fully saturated rings. The third-order valence-electron chi connectivity index (χ3n) is 3.86. The molecule has 2 heterocycles. The van der Waals surface area contributed by atoms with E-state index in [9.17, 15) is 9.18 Å². The summed E-state index contributed by atoms with van der Waals surface area (Å²) >= 11 is 0. The molecule has 0 N–H and O–H groups in total. The van der Waals surface area contributed by atoms with Gasteiger partial charge in [-0.25, -0.2) is 10.1 Å². The average molecular weight is 296 g/mol. The fraction of sp³-hybridized carbons (Fsp3) is 0.600. The molecule has 0 aliphatic carbocycles. The number of hydrogen-bond acceptors (Lipinski definition) is 4. The van der Waals surface area contributed by atoms with E-state index in [1.54, 1.807) is 6.92 Å². The zero-order chi connectivity index (χ0) is 15.5. The van der Waals surface area contributed by atoms with Crippen molar-refractivity contribution in [3.05, 3.63) is 24.2 Å². The predicted octanol–water partition coefficient (Wildman–Crippen LogP) is 2.40. The third kappa shape index (κ3) is 3.39. The minimum atomic E-state index is -0.580. The maximum absolute atomic E-state index is 13.0. The van der Waals surface area contributed by atoms with Gasteiger partial charge in [0, 0.05) is 19.2 Å². The zero-order valence-electron chi connectivity index (χ0n) is 12.5. The highest BCUT2D eigenvalue weighted by Crippen LogP contribution is 2.33. The van der Waals surface area contributed by atoms with Crippen LogP contribution in [0.2, 0.25) is 0 Å². The van der Waals surface area contributed by atoms with Crippen LogP contribution in [0.15, 0.2) is 29.2 Å². The summed E-state index contributed by atoms with van der Waals surface area (Å²) in [6.45, 7) is 8.72. The minimum Gasteiger partial charge on any atom is -0.380 e. The molecule has 5 nitrogen and oxygen atoms in total. The van der Waals surface area contributed by atoms with Gasteiger partial charge in [0.1, 0.15) is 0 Å². The van der Waals surface area contributed by atoms with E-state index >= 15 is 0 Å². The van der Waals surface area contributed by atoms with Crippen molar-refractivity contribution in [2.75, 3.05) is 19.8 Å². The summed E-state index contributed by atoms with van der Waals surface area (Å²) in [5, 5.41) is 1.36. The van der Waals surface area contributed by atoms with Crippen molar-refractivity contribution in [2.45, 2.75) is 32.7 Å². The average Bonchev–Trinajstić information content (AvgIpc) is 3.13. The molecule has 1 amide bonds. The van der Waals surface area contributed by atoms with Gasteiger partial charge in [-0.3, -0.25) is 9.63 Å². The van der Waals surface area contributed by atoms with Crippen LogP contribution in [0.5, 0.6) is 0 Å². The molecule has 0 spiro atoms. The van der Waals surface area contributed by atoms with Gasteiger partial charge >= 0.3 is 0 Å². The minimum absolute atomic E-state index is 0.108. The second-order valence-corrected chi connectivity index (χ2v) is 5.58. The first-order chi connectivity index (χ1) is 9.98. The Hall–Kier alpha value is -1.53. The van der Waals surface area contributed by atoms with Gasteiger partial charge in [0.15, 0.2) is 0 Å². The van der Waals surface area contributed by atoms with E-state index in [0.717, 1.165) is 0 Å². The first-order valence-electron chi connectivity index (χ1n) is 7.07. The SMILES string of the molecule is C=C(/C=N\C(F)=C/C)[C@@H]1CCON1C(=O)[C@@]1(C)CCOC1. The summed E-state index contributed by atoms with van der Waals surface area (Å²) in [5.74, 6) is -0.687. The van der Waals surface area contributed by atoms with Gasteiger partial charge < -0.3 is 4.74 Å². The quantitative estimate of drug-likeness (QED) is 0.591. The lowest BCUT2D eigenvalue weighted by atomic mass is 9.88. The summed E-state index contributed by atoms with van der Waals surface area (Å²) in [7, 11) is 0. The Kier molecular flexibility index (Phi) is 4.90. The molecule has 0 bridgehead atoms. The third-order valence-corrected chi connectivity index (χ3v) is 3.86. The van der Waals surface area contributed by atoms with Crippen LogP contribution in [0.3, 0.4) is 0 Å². The maximum atomic E-state index is 13.0.